The van der Waals surface area contributed by atoms with Gasteiger partial charge in [-0.2, -0.15) is 13.2 Å². The van der Waals surface area contributed by atoms with E-state index >= 15 is 0 Å². The molecule has 0 bridgehead atoms. The largest absolute Gasteiger partial charge is 0.418 e. The Morgan fingerprint density at radius 1 is 1.03 bits per heavy atom. The Labute approximate surface area is 218 Å². The molecule has 0 aliphatic heterocycles. The van der Waals surface area contributed by atoms with E-state index in [9.17, 15) is 22.4 Å². The number of halogens is 4. The molecule has 38 heavy (non-hydrogen) atoms. The first-order chi connectivity index (χ1) is 18.2. The number of alkyl halides is 3. The number of fused-ring (bicyclic) bond motifs is 1. The van der Waals surface area contributed by atoms with Gasteiger partial charge in [0.05, 0.1) is 23.5 Å². The lowest BCUT2D eigenvalue weighted by molar-refractivity contribution is -0.138. The van der Waals surface area contributed by atoms with Crippen LogP contribution in [0.5, 0.6) is 0 Å². The maximum Gasteiger partial charge on any atom is 0.418 e. The van der Waals surface area contributed by atoms with Gasteiger partial charge >= 0.3 is 6.18 Å². The van der Waals surface area contributed by atoms with Gasteiger partial charge in [0, 0.05) is 18.0 Å². The fourth-order valence-electron chi connectivity index (χ4n) is 4.79. The van der Waals surface area contributed by atoms with Gasteiger partial charge in [0.15, 0.2) is 5.65 Å². The first-order valence-electron chi connectivity index (χ1n) is 12.8. The Hall–Kier alpha value is -3.62. The molecule has 0 radical (unpaired) electrons. The Balaban J connectivity index is 0.000000360. The van der Waals surface area contributed by atoms with E-state index in [2.05, 4.69) is 15.0 Å². The van der Waals surface area contributed by atoms with Crippen molar-refractivity contribution >= 4 is 11.2 Å². The number of nitrogens with zero attached hydrogens (tertiary/aromatic N) is 4. The van der Waals surface area contributed by atoms with Crippen LogP contribution in [0.2, 0.25) is 0 Å². The lowest BCUT2D eigenvalue weighted by Crippen LogP contribution is -2.29. The van der Waals surface area contributed by atoms with Gasteiger partial charge in [-0.25, -0.2) is 9.37 Å². The normalized spacial score (nSPS) is 14.3. The molecule has 0 amide bonds. The number of pyridine rings is 2. The van der Waals surface area contributed by atoms with E-state index in [-0.39, 0.29) is 29.5 Å². The number of aryl methyl sites for hydroxylation is 2. The van der Waals surface area contributed by atoms with E-state index in [0.29, 0.717) is 28.8 Å². The maximum absolute atomic E-state index is 13.5. The first kappa shape index (κ1) is 27.4. The molecule has 0 unspecified atom stereocenters. The van der Waals surface area contributed by atoms with Crippen LogP contribution in [0.15, 0.2) is 59.7 Å². The van der Waals surface area contributed by atoms with Crippen LogP contribution in [-0.2, 0) is 19.1 Å². The van der Waals surface area contributed by atoms with Crippen molar-refractivity contribution in [3.8, 4) is 0 Å². The second kappa shape index (κ2) is 11.8. The van der Waals surface area contributed by atoms with Crippen LogP contribution in [0.4, 0.5) is 17.6 Å². The minimum Gasteiger partial charge on any atom is -0.285 e. The van der Waals surface area contributed by atoms with Crippen LogP contribution in [-0.4, -0.2) is 19.5 Å². The van der Waals surface area contributed by atoms with Crippen molar-refractivity contribution in [3.63, 3.8) is 0 Å². The molecular formula is C29H30F4N4O. The number of aromatic nitrogens is 4. The van der Waals surface area contributed by atoms with Crippen molar-refractivity contribution in [1.29, 1.82) is 0 Å². The fourth-order valence-corrected chi connectivity index (χ4v) is 4.79. The standard InChI is InChI=1S/C22H23F3N4O.C7H7F/c1-2-15-12-27-18-11-16(14-7-4-3-5-8-14)21(30)29(20(18)28-15)13-19-17(22(23,24)25)9-6-10-26-19;1-6-3-2-4-7(8)5-6/h6,9-12,14H,2-5,7-8,13H2,1H3;2-5H,1H3. The van der Waals surface area contributed by atoms with Gasteiger partial charge in [0.25, 0.3) is 5.56 Å². The SMILES string of the molecule is CCc1cnc2cc(C3CCCCC3)c(=O)n(Cc3ncccc3C(F)(F)F)c2n1.Cc1cccc(F)c1. The molecule has 1 fully saturated rings. The summed E-state index contributed by atoms with van der Waals surface area (Å²) in [5, 5.41) is 0. The molecule has 0 N–H and O–H groups in total. The Morgan fingerprint density at radius 3 is 2.42 bits per heavy atom. The molecule has 1 saturated carbocycles. The predicted octanol–water partition coefficient (Wildman–Crippen LogP) is 7.00. The Bertz CT molecular complexity index is 1440. The molecule has 0 saturated heterocycles. The Kier molecular flexibility index (Phi) is 8.54. The smallest absolute Gasteiger partial charge is 0.285 e. The van der Waals surface area contributed by atoms with Gasteiger partial charge in [-0.3, -0.25) is 19.3 Å². The summed E-state index contributed by atoms with van der Waals surface area (Å²) in [5.74, 6) is -0.0645. The molecule has 200 valence electrons. The van der Waals surface area contributed by atoms with E-state index in [4.69, 9.17) is 0 Å². The molecule has 3 heterocycles. The van der Waals surface area contributed by atoms with Crippen molar-refractivity contribution in [3.05, 3.63) is 99.1 Å². The second-order valence-electron chi connectivity index (χ2n) is 9.54. The van der Waals surface area contributed by atoms with Gasteiger partial charge in [-0.15, -0.1) is 0 Å². The molecule has 1 aromatic carbocycles. The molecule has 9 heteroatoms. The first-order valence-corrected chi connectivity index (χ1v) is 12.8. The van der Waals surface area contributed by atoms with E-state index in [1.807, 2.05) is 19.9 Å². The van der Waals surface area contributed by atoms with Gasteiger partial charge in [-0.05, 0) is 68.0 Å². The van der Waals surface area contributed by atoms with E-state index in [0.717, 1.165) is 43.7 Å². The average Bonchev–Trinajstić information content (AvgIpc) is 2.90. The second-order valence-corrected chi connectivity index (χ2v) is 9.54. The van der Waals surface area contributed by atoms with Crippen LogP contribution < -0.4 is 5.56 Å². The van der Waals surface area contributed by atoms with Gasteiger partial charge in [0.2, 0.25) is 0 Å². The van der Waals surface area contributed by atoms with Gasteiger partial charge in [-0.1, -0.05) is 38.3 Å². The summed E-state index contributed by atoms with van der Waals surface area (Å²) in [6, 6.07) is 10.5. The number of benzene rings is 1. The van der Waals surface area contributed by atoms with Crippen molar-refractivity contribution in [2.45, 2.75) is 71.0 Å². The molecule has 5 nitrogen and oxygen atoms in total. The highest BCUT2D eigenvalue weighted by Crippen LogP contribution is 2.33. The Morgan fingerprint density at radius 2 is 1.79 bits per heavy atom. The topological polar surface area (TPSA) is 60.7 Å². The summed E-state index contributed by atoms with van der Waals surface area (Å²) in [5.41, 5.74) is 1.75. The van der Waals surface area contributed by atoms with E-state index < -0.39 is 11.7 Å². The quantitative estimate of drug-likeness (QED) is 0.269. The van der Waals surface area contributed by atoms with Crippen molar-refractivity contribution in [2.24, 2.45) is 0 Å². The van der Waals surface area contributed by atoms with Crippen LogP contribution >= 0.6 is 0 Å². The molecule has 3 aromatic heterocycles. The molecule has 0 atom stereocenters. The molecular weight excluding hydrogens is 496 g/mol. The third kappa shape index (κ3) is 6.44. The summed E-state index contributed by atoms with van der Waals surface area (Å²) < 4.78 is 54.0. The lowest BCUT2D eigenvalue weighted by atomic mass is 9.84. The van der Waals surface area contributed by atoms with E-state index in [1.54, 1.807) is 18.3 Å². The van der Waals surface area contributed by atoms with Crippen LogP contribution in [0, 0.1) is 12.7 Å². The van der Waals surface area contributed by atoms with Gasteiger partial charge < -0.3 is 0 Å². The summed E-state index contributed by atoms with van der Waals surface area (Å²) in [6.45, 7) is 3.48. The third-order valence-electron chi connectivity index (χ3n) is 6.76. The lowest BCUT2D eigenvalue weighted by Gasteiger charge is -2.23. The highest BCUT2D eigenvalue weighted by molar-refractivity contribution is 5.71. The van der Waals surface area contributed by atoms with Crippen molar-refractivity contribution < 1.29 is 17.6 Å². The molecule has 5 rings (SSSR count). The van der Waals surface area contributed by atoms with Gasteiger partial charge in [0.1, 0.15) is 11.3 Å². The predicted molar refractivity (Wildman–Crippen MR) is 138 cm³/mol. The van der Waals surface area contributed by atoms with E-state index in [1.165, 1.54) is 29.0 Å². The summed E-state index contributed by atoms with van der Waals surface area (Å²) in [7, 11) is 0. The number of hydrogen-bond donors (Lipinski definition) is 0. The van der Waals surface area contributed by atoms with Crippen LogP contribution in [0.3, 0.4) is 0 Å². The molecule has 1 aliphatic carbocycles. The zero-order chi connectivity index (χ0) is 27.3. The van der Waals surface area contributed by atoms with Crippen LogP contribution in [0.1, 0.15) is 73.0 Å². The zero-order valence-electron chi connectivity index (χ0n) is 21.4. The maximum atomic E-state index is 13.5. The highest BCUT2D eigenvalue weighted by Gasteiger charge is 2.34. The zero-order valence-corrected chi connectivity index (χ0v) is 21.4. The average molecular weight is 527 g/mol. The van der Waals surface area contributed by atoms with Crippen molar-refractivity contribution in [1.82, 2.24) is 19.5 Å². The number of hydrogen-bond acceptors (Lipinski definition) is 4. The summed E-state index contributed by atoms with van der Waals surface area (Å²) >= 11 is 0. The molecule has 1 aliphatic rings. The minimum atomic E-state index is -4.55. The fraction of sp³-hybridized carbons (Fsp3) is 0.379. The molecule has 4 aromatic rings. The minimum absolute atomic E-state index is 0.0976. The monoisotopic (exact) mass is 526 g/mol. The van der Waals surface area contributed by atoms with Crippen molar-refractivity contribution in [2.75, 3.05) is 0 Å². The molecule has 0 spiro atoms. The van der Waals surface area contributed by atoms with Crippen LogP contribution in [0.25, 0.3) is 11.2 Å². The summed E-state index contributed by atoms with van der Waals surface area (Å²) in [4.78, 5) is 26.4. The third-order valence-corrected chi connectivity index (χ3v) is 6.76. The number of rotatable bonds is 4. The highest BCUT2D eigenvalue weighted by atomic mass is 19.4. The summed E-state index contributed by atoms with van der Waals surface area (Å²) in [6.07, 6.45) is 4.05.